The second kappa shape index (κ2) is 8.87. The predicted octanol–water partition coefficient (Wildman–Crippen LogP) is 4.02. The second-order valence-electron chi connectivity index (χ2n) is 6.77. The number of ether oxygens (including phenoxy) is 1. The van der Waals surface area contributed by atoms with Crippen LogP contribution < -0.4 is 10.1 Å². The van der Waals surface area contributed by atoms with Gasteiger partial charge in [-0.05, 0) is 49.6 Å². The lowest BCUT2D eigenvalue weighted by Gasteiger charge is -2.26. The van der Waals surface area contributed by atoms with Crippen LogP contribution in [0.3, 0.4) is 0 Å². The van der Waals surface area contributed by atoms with Crippen LogP contribution in [-0.2, 0) is 10.0 Å². The molecule has 0 aromatic heterocycles. The number of carbonyl (C=O) groups excluding carboxylic acids is 1. The number of nitrogens with zero attached hydrogens (tertiary/aromatic N) is 1. The molecule has 0 saturated carbocycles. The molecule has 6 nitrogen and oxygen atoms in total. The first kappa shape index (κ1) is 21.2. The molecule has 1 amide bonds. The van der Waals surface area contributed by atoms with Gasteiger partial charge < -0.3 is 10.1 Å². The summed E-state index contributed by atoms with van der Waals surface area (Å²) in [6, 6.07) is 10.2. The number of amides is 1. The molecule has 0 unspecified atom stereocenters. The fraction of sp³-hybridized carbons (Fsp3) is 0.350. The lowest BCUT2D eigenvalue weighted by Crippen LogP contribution is -2.36. The minimum Gasteiger partial charge on any atom is -0.433 e. The van der Waals surface area contributed by atoms with E-state index in [2.05, 4.69) is 10.1 Å². The van der Waals surface area contributed by atoms with Gasteiger partial charge in [0.15, 0.2) is 0 Å². The van der Waals surface area contributed by atoms with Crippen LogP contribution in [0.1, 0.15) is 35.2 Å². The summed E-state index contributed by atoms with van der Waals surface area (Å²) in [5, 5.41) is 2.50. The molecule has 9 heteroatoms. The van der Waals surface area contributed by atoms with Crippen molar-refractivity contribution in [1.29, 1.82) is 0 Å². The van der Waals surface area contributed by atoms with Gasteiger partial charge in [-0.3, -0.25) is 4.79 Å². The third-order valence-corrected chi connectivity index (χ3v) is 6.78. The Kier molecular flexibility index (Phi) is 6.49. The van der Waals surface area contributed by atoms with E-state index in [-0.39, 0.29) is 21.9 Å². The lowest BCUT2D eigenvalue weighted by atomic mass is 10.1. The van der Waals surface area contributed by atoms with Crippen molar-refractivity contribution in [1.82, 2.24) is 4.31 Å². The van der Waals surface area contributed by atoms with Crippen LogP contribution in [0.15, 0.2) is 47.4 Å². The number of hydrogen-bond acceptors (Lipinski definition) is 4. The summed E-state index contributed by atoms with van der Waals surface area (Å²) in [7, 11) is -3.72. The van der Waals surface area contributed by atoms with Gasteiger partial charge in [-0.2, -0.15) is 13.1 Å². The largest absolute Gasteiger partial charge is 0.433 e. The molecule has 1 saturated heterocycles. The Morgan fingerprint density at radius 2 is 1.79 bits per heavy atom. The topological polar surface area (TPSA) is 75.7 Å². The molecule has 1 heterocycles. The van der Waals surface area contributed by atoms with Gasteiger partial charge >= 0.3 is 6.61 Å². The summed E-state index contributed by atoms with van der Waals surface area (Å²) in [6.45, 7) is -0.453. The van der Waals surface area contributed by atoms with E-state index in [4.69, 9.17) is 0 Å². The molecule has 1 aliphatic rings. The van der Waals surface area contributed by atoms with Crippen molar-refractivity contribution in [2.45, 2.75) is 37.7 Å². The van der Waals surface area contributed by atoms with Crippen molar-refractivity contribution in [3.63, 3.8) is 0 Å². The Morgan fingerprint density at radius 1 is 1.10 bits per heavy atom. The highest BCUT2D eigenvalue weighted by molar-refractivity contribution is 7.89. The molecule has 0 bridgehead atoms. The maximum Gasteiger partial charge on any atom is 0.387 e. The number of nitrogens with one attached hydrogen (secondary N) is 1. The molecule has 1 N–H and O–H groups in total. The van der Waals surface area contributed by atoms with Crippen molar-refractivity contribution in [2.75, 3.05) is 18.4 Å². The summed E-state index contributed by atoms with van der Waals surface area (Å²) in [4.78, 5) is 12.7. The van der Waals surface area contributed by atoms with E-state index in [1.165, 1.54) is 34.6 Å². The standard InChI is InChI=1S/C20H22F2N2O4S/c1-14-9-10-15(13-18(14)29(26,27)24-11-5-2-6-12-24)19(25)23-16-7-3-4-8-17(16)28-20(21)22/h3-4,7-10,13,20H,2,5-6,11-12H2,1H3,(H,23,25). The van der Waals surface area contributed by atoms with Gasteiger partial charge in [-0.25, -0.2) is 8.42 Å². The van der Waals surface area contributed by atoms with E-state index in [9.17, 15) is 22.0 Å². The van der Waals surface area contributed by atoms with Crippen LogP contribution in [-0.4, -0.2) is 38.3 Å². The average molecular weight is 424 g/mol. The zero-order chi connectivity index (χ0) is 21.0. The molecule has 156 valence electrons. The quantitative estimate of drug-likeness (QED) is 0.760. The van der Waals surface area contributed by atoms with Crippen LogP contribution >= 0.6 is 0 Å². The molecule has 2 aromatic rings. The highest BCUT2D eigenvalue weighted by atomic mass is 32.2. The van der Waals surface area contributed by atoms with Gasteiger partial charge in [0.25, 0.3) is 5.91 Å². The maximum atomic E-state index is 13.0. The van der Waals surface area contributed by atoms with Crippen LogP contribution in [0.4, 0.5) is 14.5 Å². The second-order valence-corrected chi connectivity index (χ2v) is 8.68. The number of para-hydroxylation sites is 2. The molecule has 0 spiro atoms. The molecule has 0 atom stereocenters. The Bertz CT molecular complexity index is 990. The van der Waals surface area contributed by atoms with Gasteiger partial charge in [0.1, 0.15) is 5.75 Å². The highest BCUT2D eigenvalue weighted by Gasteiger charge is 2.28. The number of halogens is 2. The fourth-order valence-corrected chi connectivity index (χ4v) is 4.99. The van der Waals surface area contributed by atoms with Crippen LogP contribution in [0.2, 0.25) is 0 Å². The van der Waals surface area contributed by atoms with E-state index in [0.29, 0.717) is 18.7 Å². The monoisotopic (exact) mass is 424 g/mol. The SMILES string of the molecule is Cc1ccc(C(=O)Nc2ccccc2OC(F)F)cc1S(=O)(=O)N1CCCCC1. The molecule has 0 radical (unpaired) electrons. The van der Waals surface area contributed by atoms with E-state index in [0.717, 1.165) is 19.3 Å². The third-order valence-electron chi connectivity index (χ3n) is 4.73. The Morgan fingerprint density at radius 3 is 2.48 bits per heavy atom. The summed E-state index contributed by atoms with van der Waals surface area (Å²) in [6.07, 6.45) is 2.60. The third kappa shape index (κ3) is 4.91. The number of hydrogen-bond donors (Lipinski definition) is 1. The summed E-state index contributed by atoms with van der Waals surface area (Å²) >= 11 is 0. The van der Waals surface area contributed by atoms with E-state index < -0.39 is 22.5 Å². The summed E-state index contributed by atoms with van der Waals surface area (Å²) in [5.74, 6) is -0.797. The van der Waals surface area contributed by atoms with Crippen molar-refractivity contribution in [2.24, 2.45) is 0 Å². The predicted molar refractivity (Wildman–Crippen MR) is 105 cm³/mol. The molecule has 3 rings (SSSR count). The molecule has 1 aliphatic heterocycles. The van der Waals surface area contributed by atoms with E-state index in [1.807, 2.05) is 0 Å². The smallest absolute Gasteiger partial charge is 0.387 e. The van der Waals surface area contributed by atoms with Gasteiger partial charge in [0.05, 0.1) is 10.6 Å². The number of anilines is 1. The fourth-order valence-electron chi connectivity index (χ4n) is 3.23. The molecule has 1 fully saturated rings. The molecular weight excluding hydrogens is 402 g/mol. The number of aryl methyl sites for hydroxylation is 1. The minimum atomic E-state index is -3.72. The normalized spacial score (nSPS) is 15.3. The molecule has 29 heavy (non-hydrogen) atoms. The number of benzene rings is 2. The number of sulfonamides is 1. The number of alkyl halides is 2. The highest BCUT2D eigenvalue weighted by Crippen LogP contribution is 2.28. The average Bonchev–Trinajstić information content (AvgIpc) is 2.70. The molecule has 0 aliphatic carbocycles. The molecule has 2 aromatic carbocycles. The van der Waals surface area contributed by atoms with Crippen molar-refractivity contribution in [3.8, 4) is 5.75 Å². The van der Waals surface area contributed by atoms with Crippen LogP contribution in [0.5, 0.6) is 5.75 Å². The first-order chi connectivity index (χ1) is 13.8. The minimum absolute atomic E-state index is 0.0683. The Labute approximate surface area is 168 Å². The maximum absolute atomic E-state index is 13.0. The zero-order valence-electron chi connectivity index (χ0n) is 15.9. The van der Waals surface area contributed by atoms with Gasteiger partial charge in [0.2, 0.25) is 10.0 Å². The van der Waals surface area contributed by atoms with E-state index >= 15 is 0 Å². The molecular formula is C20H22F2N2O4S. The van der Waals surface area contributed by atoms with Crippen LogP contribution in [0.25, 0.3) is 0 Å². The first-order valence-electron chi connectivity index (χ1n) is 9.25. The van der Waals surface area contributed by atoms with Crippen molar-refractivity contribution >= 4 is 21.6 Å². The van der Waals surface area contributed by atoms with Crippen molar-refractivity contribution < 1.29 is 26.7 Å². The van der Waals surface area contributed by atoms with Gasteiger partial charge in [0, 0.05) is 18.7 Å². The number of carbonyl (C=O) groups is 1. The zero-order valence-corrected chi connectivity index (χ0v) is 16.7. The Balaban J connectivity index is 1.87. The number of piperidine rings is 1. The van der Waals surface area contributed by atoms with Gasteiger partial charge in [-0.15, -0.1) is 0 Å². The Hall–Kier alpha value is -2.52. The first-order valence-corrected chi connectivity index (χ1v) is 10.7. The lowest BCUT2D eigenvalue weighted by molar-refractivity contribution is -0.0493. The van der Waals surface area contributed by atoms with E-state index in [1.54, 1.807) is 19.1 Å². The van der Waals surface area contributed by atoms with Gasteiger partial charge in [-0.1, -0.05) is 24.6 Å². The summed E-state index contributed by atoms with van der Waals surface area (Å²) in [5.41, 5.74) is 0.713. The van der Waals surface area contributed by atoms with Crippen LogP contribution in [0, 0.1) is 6.92 Å². The summed E-state index contributed by atoms with van der Waals surface area (Å²) < 4.78 is 57.0. The van der Waals surface area contributed by atoms with Crippen molar-refractivity contribution in [3.05, 3.63) is 53.6 Å². The number of rotatable bonds is 6.